The van der Waals surface area contributed by atoms with Crippen molar-refractivity contribution in [3.63, 3.8) is 0 Å². The van der Waals surface area contributed by atoms with Gasteiger partial charge in [-0.15, -0.1) is 0 Å². The highest BCUT2D eigenvalue weighted by Gasteiger charge is 2.24. The van der Waals surface area contributed by atoms with E-state index < -0.39 is 0 Å². The molecule has 1 aromatic carbocycles. The van der Waals surface area contributed by atoms with E-state index in [1.165, 1.54) is 0 Å². The standard InChI is InChI=1S/C15H20ClN3O2/c16-13-5-1-3-11(7-13)8-18-14(20)10-19-6-2-4-12(9-19)15(17)21/h1,3,5,7,12H,2,4,6,8-10H2,(H2,17,21)(H,18,20)/t12-/m0/s1. The summed E-state index contributed by atoms with van der Waals surface area (Å²) in [5.74, 6) is -0.474. The summed E-state index contributed by atoms with van der Waals surface area (Å²) in [7, 11) is 0. The Morgan fingerprint density at radius 2 is 2.24 bits per heavy atom. The molecule has 0 spiro atoms. The van der Waals surface area contributed by atoms with Crippen LogP contribution in [0.3, 0.4) is 0 Å². The molecule has 2 rings (SSSR count). The molecule has 1 aliphatic heterocycles. The Morgan fingerprint density at radius 1 is 1.43 bits per heavy atom. The number of hydrogen-bond acceptors (Lipinski definition) is 3. The van der Waals surface area contributed by atoms with Gasteiger partial charge in [0.1, 0.15) is 0 Å². The fraction of sp³-hybridized carbons (Fsp3) is 0.467. The minimum absolute atomic E-state index is 0.0555. The van der Waals surface area contributed by atoms with Gasteiger partial charge in [-0.25, -0.2) is 0 Å². The minimum atomic E-state index is -0.279. The van der Waals surface area contributed by atoms with Crippen LogP contribution in [0.25, 0.3) is 0 Å². The van der Waals surface area contributed by atoms with Crippen LogP contribution in [-0.2, 0) is 16.1 Å². The fourth-order valence-electron chi connectivity index (χ4n) is 2.54. The molecule has 6 heteroatoms. The van der Waals surface area contributed by atoms with Gasteiger partial charge in [-0.3, -0.25) is 14.5 Å². The largest absolute Gasteiger partial charge is 0.369 e. The maximum absolute atomic E-state index is 11.9. The number of carbonyl (C=O) groups is 2. The summed E-state index contributed by atoms with van der Waals surface area (Å²) in [5.41, 5.74) is 6.29. The highest BCUT2D eigenvalue weighted by Crippen LogP contribution is 2.15. The number of nitrogens with two attached hydrogens (primary N) is 1. The number of primary amides is 1. The normalized spacial score (nSPS) is 19.2. The third kappa shape index (κ3) is 5.02. The maximum Gasteiger partial charge on any atom is 0.234 e. The van der Waals surface area contributed by atoms with Gasteiger partial charge >= 0.3 is 0 Å². The summed E-state index contributed by atoms with van der Waals surface area (Å²) in [6.45, 7) is 2.14. The second-order valence-electron chi connectivity index (χ2n) is 5.38. The number of piperidine rings is 1. The molecule has 114 valence electrons. The van der Waals surface area contributed by atoms with E-state index in [2.05, 4.69) is 5.32 Å². The van der Waals surface area contributed by atoms with Crippen molar-refractivity contribution in [3.05, 3.63) is 34.9 Å². The predicted molar refractivity (Wildman–Crippen MR) is 81.7 cm³/mol. The van der Waals surface area contributed by atoms with Crippen LogP contribution in [-0.4, -0.2) is 36.3 Å². The van der Waals surface area contributed by atoms with Gasteiger partial charge in [0.05, 0.1) is 12.5 Å². The molecule has 1 fully saturated rings. The molecule has 0 aliphatic carbocycles. The number of benzene rings is 1. The van der Waals surface area contributed by atoms with E-state index in [0.29, 0.717) is 24.7 Å². The second kappa shape index (κ2) is 7.43. The van der Waals surface area contributed by atoms with Gasteiger partial charge in [0.2, 0.25) is 11.8 Å². The molecule has 1 heterocycles. The Balaban J connectivity index is 1.78. The topological polar surface area (TPSA) is 75.4 Å². The second-order valence-corrected chi connectivity index (χ2v) is 5.82. The Labute approximate surface area is 129 Å². The van der Waals surface area contributed by atoms with Crippen LogP contribution >= 0.6 is 11.6 Å². The van der Waals surface area contributed by atoms with Crippen molar-refractivity contribution in [2.45, 2.75) is 19.4 Å². The van der Waals surface area contributed by atoms with Crippen molar-refractivity contribution >= 4 is 23.4 Å². The molecule has 0 aromatic heterocycles. The highest BCUT2D eigenvalue weighted by molar-refractivity contribution is 6.30. The van der Waals surface area contributed by atoms with Crippen molar-refractivity contribution < 1.29 is 9.59 Å². The van der Waals surface area contributed by atoms with E-state index >= 15 is 0 Å². The number of likely N-dealkylation sites (tertiary alicyclic amines) is 1. The van der Waals surface area contributed by atoms with Crippen LogP contribution < -0.4 is 11.1 Å². The summed E-state index contributed by atoms with van der Waals surface area (Å²) in [4.78, 5) is 25.1. The molecule has 0 bridgehead atoms. The third-order valence-electron chi connectivity index (χ3n) is 3.65. The monoisotopic (exact) mass is 309 g/mol. The number of nitrogens with zero attached hydrogens (tertiary/aromatic N) is 1. The van der Waals surface area contributed by atoms with Crippen molar-refractivity contribution in [1.82, 2.24) is 10.2 Å². The van der Waals surface area contributed by atoms with Crippen molar-refractivity contribution in [2.24, 2.45) is 11.7 Å². The van der Waals surface area contributed by atoms with Crippen LogP contribution in [0.1, 0.15) is 18.4 Å². The first-order valence-corrected chi connectivity index (χ1v) is 7.45. The smallest absolute Gasteiger partial charge is 0.234 e. The summed E-state index contributed by atoms with van der Waals surface area (Å²) < 4.78 is 0. The molecule has 21 heavy (non-hydrogen) atoms. The van der Waals surface area contributed by atoms with Gasteiger partial charge in [-0.05, 0) is 37.1 Å². The zero-order chi connectivity index (χ0) is 15.2. The molecule has 1 atom stereocenters. The molecule has 0 radical (unpaired) electrons. The lowest BCUT2D eigenvalue weighted by Gasteiger charge is -2.30. The number of nitrogens with one attached hydrogen (secondary N) is 1. The summed E-state index contributed by atoms with van der Waals surface area (Å²) in [5, 5.41) is 3.52. The molecule has 0 saturated carbocycles. The molecule has 0 unspecified atom stereocenters. The first kappa shape index (κ1) is 15.8. The Bertz CT molecular complexity index is 521. The molecular weight excluding hydrogens is 290 g/mol. The molecule has 1 aliphatic rings. The van der Waals surface area contributed by atoms with Gasteiger partial charge in [0.15, 0.2) is 0 Å². The number of rotatable bonds is 5. The number of carbonyl (C=O) groups excluding carboxylic acids is 2. The quantitative estimate of drug-likeness (QED) is 0.857. The van der Waals surface area contributed by atoms with Crippen LogP contribution in [0.4, 0.5) is 0 Å². The van der Waals surface area contributed by atoms with Gasteiger partial charge in [-0.1, -0.05) is 23.7 Å². The van der Waals surface area contributed by atoms with Crippen molar-refractivity contribution in [3.8, 4) is 0 Å². The lowest BCUT2D eigenvalue weighted by atomic mass is 9.97. The average Bonchev–Trinajstić information content (AvgIpc) is 2.45. The average molecular weight is 310 g/mol. The maximum atomic E-state index is 11.9. The number of amides is 2. The lowest BCUT2D eigenvalue weighted by molar-refractivity contribution is -0.126. The van der Waals surface area contributed by atoms with Crippen molar-refractivity contribution in [1.29, 1.82) is 0 Å². The van der Waals surface area contributed by atoms with E-state index in [9.17, 15) is 9.59 Å². The van der Waals surface area contributed by atoms with Gasteiger partial charge < -0.3 is 11.1 Å². The van der Waals surface area contributed by atoms with Crippen molar-refractivity contribution in [2.75, 3.05) is 19.6 Å². The minimum Gasteiger partial charge on any atom is -0.369 e. The fourth-order valence-corrected chi connectivity index (χ4v) is 2.75. The van der Waals surface area contributed by atoms with Crippen LogP contribution in [0.15, 0.2) is 24.3 Å². The molecule has 5 nitrogen and oxygen atoms in total. The predicted octanol–water partition coefficient (Wildman–Crippen LogP) is 1.15. The van der Waals surface area contributed by atoms with E-state index in [4.69, 9.17) is 17.3 Å². The van der Waals surface area contributed by atoms with Crippen LogP contribution in [0.2, 0.25) is 5.02 Å². The molecular formula is C15H20ClN3O2. The molecule has 2 amide bonds. The van der Waals surface area contributed by atoms with E-state index in [-0.39, 0.29) is 17.7 Å². The SMILES string of the molecule is NC(=O)[C@H]1CCCN(CC(=O)NCc2cccc(Cl)c2)C1. The number of halogens is 1. The first-order chi connectivity index (χ1) is 10.0. The van der Waals surface area contributed by atoms with Gasteiger partial charge in [0.25, 0.3) is 0 Å². The Kier molecular flexibility index (Phi) is 5.59. The summed E-state index contributed by atoms with van der Waals surface area (Å²) in [6, 6.07) is 7.39. The zero-order valence-electron chi connectivity index (χ0n) is 11.8. The first-order valence-electron chi connectivity index (χ1n) is 7.07. The summed E-state index contributed by atoms with van der Waals surface area (Å²) >= 11 is 5.90. The molecule has 1 saturated heterocycles. The lowest BCUT2D eigenvalue weighted by Crippen LogP contribution is -2.45. The molecule has 3 N–H and O–H groups in total. The molecule has 1 aromatic rings. The van der Waals surface area contributed by atoms with E-state index in [0.717, 1.165) is 24.9 Å². The Morgan fingerprint density at radius 3 is 2.95 bits per heavy atom. The highest BCUT2D eigenvalue weighted by atomic mass is 35.5. The summed E-state index contributed by atoms with van der Waals surface area (Å²) in [6.07, 6.45) is 1.71. The van der Waals surface area contributed by atoms with Gasteiger partial charge in [-0.2, -0.15) is 0 Å². The zero-order valence-corrected chi connectivity index (χ0v) is 12.6. The third-order valence-corrected chi connectivity index (χ3v) is 3.89. The van der Waals surface area contributed by atoms with Crippen LogP contribution in [0.5, 0.6) is 0 Å². The van der Waals surface area contributed by atoms with Gasteiger partial charge in [0, 0.05) is 18.1 Å². The van der Waals surface area contributed by atoms with E-state index in [1.807, 2.05) is 23.1 Å². The van der Waals surface area contributed by atoms with E-state index in [1.54, 1.807) is 6.07 Å². The van der Waals surface area contributed by atoms with Crippen LogP contribution in [0, 0.1) is 5.92 Å². The number of hydrogen-bond donors (Lipinski definition) is 2. The Hall–Kier alpha value is -1.59.